The molecule has 0 bridgehead atoms. The van der Waals surface area contributed by atoms with Crippen LogP contribution in [0.15, 0.2) is 12.2 Å². The van der Waals surface area contributed by atoms with Crippen molar-refractivity contribution in [1.82, 2.24) is 0 Å². The summed E-state index contributed by atoms with van der Waals surface area (Å²) in [5.41, 5.74) is -0.634. The van der Waals surface area contributed by atoms with E-state index in [4.69, 9.17) is 5.11 Å². The van der Waals surface area contributed by atoms with Crippen LogP contribution in [0.25, 0.3) is 0 Å². The summed E-state index contributed by atoms with van der Waals surface area (Å²) in [6, 6.07) is 0. The lowest BCUT2D eigenvalue weighted by atomic mass is 9.84. The lowest BCUT2D eigenvalue weighted by Gasteiger charge is -2.45. The second kappa shape index (κ2) is 11.9. The van der Waals surface area contributed by atoms with Gasteiger partial charge in [-0.05, 0) is 6.92 Å². The summed E-state index contributed by atoms with van der Waals surface area (Å²) in [4.78, 5) is 11.0. The lowest BCUT2D eigenvalue weighted by molar-refractivity contribution is -0.476. The van der Waals surface area contributed by atoms with Crippen LogP contribution in [0.4, 0.5) is 105 Å². The molecule has 0 aliphatic heterocycles. The second-order valence-corrected chi connectivity index (χ2v) is 9.03. The van der Waals surface area contributed by atoms with Gasteiger partial charge in [-0.1, -0.05) is 6.58 Å². The van der Waals surface area contributed by atoms with Gasteiger partial charge in [0.25, 0.3) is 0 Å². The van der Waals surface area contributed by atoms with E-state index in [-0.39, 0.29) is 0 Å². The maximum atomic E-state index is 13.9. The molecule has 0 aromatic rings. The Bertz CT molecular complexity index is 1130. The molecule has 0 amide bonds. The molecule has 0 saturated carbocycles. The van der Waals surface area contributed by atoms with E-state index >= 15 is 0 Å². The molecule has 0 radical (unpaired) electrons. The van der Waals surface area contributed by atoms with Crippen LogP contribution in [0, 0.1) is 0 Å². The normalized spacial score (nSPS) is 16.5. The van der Waals surface area contributed by atoms with E-state index in [2.05, 4.69) is 11.3 Å². The molecule has 1 unspecified atom stereocenters. The third-order valence-corrected chi connectivity index (χ3v) is 5.55. The van der Waals surface area contributed by atoms with Gasteiger partial charge in [0.15, 0.2) is 0 Å². The minimum absolute atomic E-state index is 0.634. The van der Waals surface area contributed by atoms with Gasteiger partial charge in [-0.2, -0.15) is 96.6 Å². The number of halogens is 24. The summed E-state index contributed by atoms with van der Waals surface area (Å²) in [5, 5.41) is 9.13. The molecule has 0 aromatic carbocycles. The SMILES string of the molecule is C=C(C)C(=O)OCC(O)CC(F)(F)C(F)(F)C(F)(F)C(F)(F)C(F)(F)C(F)(F)C(F)(F)C(F)(F)C(F)(F)C(F)(F)C(F)(F)C(F)F. The first-order valence-electron chi connectivity index (χ1n) is 10.6. The predicted octanol–water partition coefficient (Wildman–Crippen LogP) is 8.11. The Kier molecular flexibility index (Phi) is 11.2. The van der Waals surface area contributed by atoms with Crippen molar-refractivity contribution in [2.24, 2.45) is 0 Å². The van der Waals surface area contributed by atoms with Crippen molar-refractivity contribution in [2.75, 3.05) is 6.61 Å². The molecular formula is C19H12F24O3. The molecule has 0 fully saturated rings. The number of carbonyl (C=O) groups excluding carboxylic acids is 1. The van der Waals surface area contributed by atoms with Crippen LogP contribution in [0.1, 0.15) is 13.3 Å². The maximum absolute atomic E-state index is 13.9. The topological polar surface area (TPSA) is 46.5 Å². The molecule has 0 rings (SSSR count). The van der Waals surface area contributed by atoms with Crippen LogP contribution in [0.5, 0.6) is 0 Å². The summed E-state index contributed by atoms with van der Waals surface area (Å²) in [7, 11) is 0. The molecule has 3 nitrogen and oxygen atoms in total. The van der Waals surface area contributed by atoms with Crippen molar-refractivity contribution in [1.29, 1.82) is 0 Å². The lowest BCUT2D eigenvalue weighted by Crippen LogP contribution is -2.78. The monoisotopic (exact) mass is 744 g/mol. The van der Waals surface area contributed by atoms with Crippen molar-refractivity contribution in [3.05, 3.63) is 12.2 Å². The predicted molar refractivity (Wildman–Crippen MR) is 96.8 cm³/mol. The highest BCUT2D eigenvalue weighted by atomic mass is 19.4. The number of ether oxygens (including phenoxy) is 1. The van der Waals surface area contributed by atoms with Crippen LogP contribution >= 0.6 is 0 Å². The zero-order valence-corrected chi connectivity index (χ0v) is 21.1. The number of aliphatic hydroxyl groups is 1. The molecule has 0 heterocycles. The quantitative estimate of drug-likeness (QED) is 0.0988. The summed E-state index contributed by atoms with van der Waals surface area (Å²) < 4.78 is 327. The Hall–Kier alpha value is -2.51. The van der Waals surface area contributed by atoms with E-state index in [0.29, 0.717) is 0 Å². The van der Waals surface area contributed by atoms with Crippen molar-refractivity contribution in [3.63, 3.8) is 0 Å². The number of esters is 1. The van der Waals surface area contributed by atoms with Crippen molar-refractivity contribution in [2.45, 2.75) is 91.0 Å². The average Bonchev–Trinajstić information content (AvgIpc) is 2.85. The van der Waals surface area contributed by atoms with Crippen LogP contribution in [-0.2, 0) is 9.53 Å². The Morgan fingerprint density at radius 3 is 1.09 bits per heavy atom. The van der Waals surface area contributed by atoms with Gasteiger partial charge in [-0.25, -0.2) is 13.6 Å². The highest BCUT2D eigenvalue weighted by Crippen LogP contribution is 2.67. The fourth-order valence-corrected chi connectivity index (χ4v) is 2.73. The van der Waals surface area contributed by atoms with Gasteiger partial charge in [0.1, 0.15) is 6.61 Å². The second-order valence-electron chi connectivity index (χ2n) is 9.03. The van der Waals surface area contributed by atoms with Gasteiger partial charge in [0.2, 0.25) is 0 Å². The third kappa shape index (κ3) is 5.89. The molecule has 0 saturated heterocycles. The van der Waals surface area contributed by atoms with E-state index in [1.165, 1.54) is 0 Å². The number of hydrogen-bond acceptors (Lipinski definition) is 3. The van der Waals surface area contributed by atoms with Crippen LogP contribution < -0.4 is 0 Å². The van der Waals surface area contributed by atoms with Gasteiger partial charge < -0.3 is 9.84 Å². The molecule has 1 atom stereocenters. The number of aliphatic hydroxyl groups excluding tert-OH is 1. The standard InChI is InChI=1S/C19H12F24O3/c1-5(2)7(45)46-4-6(44)3-9(22,23)11(26,27)13(30,31)15(34,35)17(38,39)19(42,43)18(40,41)16(36,37)14(32,33)12(28,29)10(24,25)8(20)21/h6,8,44H,1,3-4H2,2H3. The summed E-state index contributed by atoms with van der Waals surface area (Å²) >= 11 is 0. The molecule has 0 spiro atoms. The van der Waals surface area contributed by atoms with Crippen LogP contribution in [-0.4, -0.2) is 95.4 Å². The smallest absolute Gasteiger partial charge is 0.385 e. The summed E-state index contributed by atoms with van der Waals surface area (Å²) in [6.07, 6.45) is -13.1. The molecule has 46 heavy (non-hydrogen) atoms. The minimum Gasteiger partial charge on any atom is -0.460 e. The van der Waals surface area contributed by atoms with Crippen molar-refractivity contribution >= 4 is 5.97 Å². The highest BCUT2D eigenvalue weighted by molar-refractivity contribution is 5.86. The Morgan fingerprint density at radius 1 is 0.565 bits per heavy atom. The molecule has 1 N–H and O–H groups in total. The molecule has 0 aliphatic carbocycles. The minimum atomic E-state index is -9.56. The highest BCUT2D eigenvalue weighted by Gasteiger charge is 2.98. The Morgan fingerprint density at radius 2 is 0.826 bits per heavy atom. The van der Waals surface area contributed by atoms with Gasteiger partial charge in [0, 0.05) is 12.0 Å². The number of hydrogen-bond donors (Lipinski definition) is 1. The first-order valence-corrected chi connectivity index (χ1v) is 10.6. The van der Waals surface area contributed by atoms with Crippen LogP contribution in [0.3, 0.4) is 0 Å². The first kappa shape index (κ1) is 43.5. The summed E-state index contributed by atoms with van der Waals surface area (Å²) in [5.74, 6) is -99.1. The number of rotatable bonds is 16. The molecule has 27 heteroatoms. The molecule has 274 valence electrons. The number of alkyl halides is 24. The van der Waals surface area contributed by atoms with Crippen molar-refractivity contribution in [3.8, 4) is 0 Å². The molecule has 0 aliphatic rings. The van der Waals surface area contributed by atoms with Crippen LogP contribution in [0.2, 0.25) is 0 Å². The zero-order chi connectivity index (χ0) is 37.9. The van der Waals surface area contributed by atoms with Gasteiger partial charge in [-0.15, -0.1) is 0 Å². The van der Waals surface area contributed by atoms with Crippen molar-refractivity contribution < 1.29 is 120 Å². The third-order valence-electron chi connectivity index (χ3n) is 5.55. The largest absolute Gasteiger partial charge is 0.460 e. The van der Waals surface area contributed by atoms with E-state index in [0.717, 1.165) is 6.92 Å². The first-order chi connectivity index (χ1) is 19.7. The maximum Gasteiger partial charge on any atom is 0.385 e. The van der Waals surface area contributed by atoms with Gasteiger partial charge in [0.05, 0.1) is 6.10 Å². The van der Waals surface area contributed by atoms with E-state index in [9.17, 15) is 110 Å². The molecular weight excluding hydrogens is 732 g/mol. The fraction of sp³-hybridized carbons (Fsp3) is 0.842. The Labute approximate surface area is 237 Å². The summed E-state index contributed by atoms with van der Waals surface area (Å²) in [6.45, 7) is 1.70. The van der Waals surface area contributed by atoms with Gasteiger partial charge >= 0.3 is 77.5 Å². The number of carbonyl (C=O) groups is 1. The van der Waals surface area contributed by atoms with E-state index in [1.807, 2.05) is 0 Å². The zero-order valence-electron chi connectivity index (χ0n) is 21.1. The molecule has 0 aromatic heterocycles. The Balaban J connectivity index is 7.02. The van der Waals surface area contributed by atoms with E-state index < -0.39 is 102 Å². The average molecular weight is 744 g/mol. The van der Waals surface area contributed by atoms with Gasteiger partial charge in [-0.3, -0.25) is 0 Å². The fourth-order valence-electron chi connectivity index (χ4n) is 2.73. The van der Waals surface area contributed by atoms with E-state index in [1.54, 1.807) is 0 Å².